The van der Waals surface area contributed by atoms with Crippen LogP contribution < -0.4 is 0 Å². The van der Waals surface area contributed by atoms with E-state index in [0.717, 1.165) is 0 Å². The summed E-state index contributed by atoms with van der Waals surface area (Å²) in [6, 6.07) is 0. The summed E-state index contributed by atoms with van der Waals surface area (Å²) in [7, 11) is 1.38. The lowest BCUT2D eigenvalue weighted by molar-refractivity contribution is -0.218. The van der Waals surface area contributed by atoms with Gasteiger partial charge in [0.1, 0.15) is 6.10 Å². The number of rotatable bonds is 2. The summed E-state index contributed by atoms with van der Waals surface area (Å²) in [5.74, 6) is -0.565. The van der Waals surface area contributed by atoms with E-state index in [4.69, 9.17) is 14.6 Å². The first-order chi connectivity index (χ1) is 7.10. The summed E-state index contributed by atoms with van der Waals surface area (Å²) in [4.78, 5) is 0. The molecule has 0 bridgehead atoms. The molecule has 1 aliphatic heterocycles. The molecular weight excluding hydrogens is 204 g/mol. The van der Waals surface area contributed by atoms with Crippen LogP contribution in [0.1, 0.15) is 6.42 Å². The zero-order valence-corrected chi connectivity index (χ0v) is 8.61. The maximum Gasteiger partial charge on any atom is 0.183 e. The molecule has 0 saturated carbocycles. The molecule has 1 rings (SSSR count). The van der Waals surface area contributed by atoms with Gasteiger partial charge in [-0.15, -0.1) is 0 Å². The summed E-state index contributed by atoms with van der Waals surface area (Å²) in [6.45, 7) is -0.255. The van der Waals surface area contributed by atoms with Crippen LogP contribution in [-0.2, 0) is 9.47 Å². The lowest BCUT2D eigenvalue weighted by atomic mass is 9.94. The molecule has 0 aromatic heterocycles. The Hall–Kier alpha value is -0.240. The van der Waals surface area contributed by atoms with E-state index in [0.29, 0.717) is 0 Å². The van der Waals surface area contributed by atoms with Gasteiger partial charge in [0.15, 0.2) is 6.29 Å². The van der Waals surface area contributed by atoms with Crippen LogP contribution in [0.15, 0.2) is 0 Å². The van der Waals surface area contributed by atoms with Crippen LogP contribution in [0.25, 0.3) is 0 Å². The largest absolute Gasteiger partial charge is 0.396 e. The van der Waals surface area contributed by atoms with E-state index in [1.54, 1.807) is 0 Å². The fourth-order valence-corrected chi connectivity index (χ4v) is 1.63. The van der Waals surface area contributed by atoms with Crippen LogP contribution in [0.4, 0.5) is 0 Å². The fraction of sp³-hybridized carbons (Fsp3) is 1.00. The van der Waals surface area contributed by atoms with Crippen LogP contribution in [0.3, 0.4) is 0 Å². The Morgan fingerprint density at radius 3 is 2.47 bits per heavy atom. The van der Waals surface area contributed by atoms with Crippen molar-refractivity contribution in [1.29, 1.82) is 0 Å². The smallest absolute Gasteiger partial charge is 0.183 e. The molecule has 1 saturated heterocycles. The van der Waals surface area contributed by atoms with Crippen molar-refractivity contribution in [3.8, 4) is 0 Å². The van der Waals surface area contributed by atoms with E-state index >= 15 is 0 Å². The molecule has 0 aromatic carbocycles. The SMILES string of the molecule is COC1OCC(CO)C(O)C(O)CC1O. The van der Waals surface area contributed by atoms with Crippen LogP contribution in [0.5, 0.6) is 0 Å². The average Bonchev–Trinajstić information content (AvgIpc) is 2.22. The Morgan fingerprint density at radius 1 is 1.27 bits per heavy atom. The maximum atomic E-state index is 9.58. The predicted molar refractivity (Wildman–Crippen MR) is 50.0 cm³/mol. The third-order valence-corrected chi connectivity index (χ3v) is 2.62. The number of ether oxygens (including phenoxy) is 2. The molecule has 0 amide bonds. The molecule has 1 aliphatic rings. The monoisotopic (exact) mass is 222 g/mol. The van der Waals surface area contributed by atoms with Crippen molar-refractivity contribution in [2.24, 2.45) is 5.92 Å². The van der Waals surface area contributed by atoms with Crippen LogP contribution in [0, 0.1) is 5.92 Å². The maximum absolute atomic E-state index is 9.58. The van der Waals surface area contributed by atoms with Crippen LogP contribution in [-0.4, -0.2) is 65.4 Å². The normalized spacial score (nSPS) is 43.4. The highest BCUT2D eigenvalue weighted by atomic mass is 16.7. The molecule has 4 N–H and O–H groups in total. The van der Waals surface area contributed by atoms with Gasteiger partial charge in [-0.2, -0.15) is 0 Å². The van der Waals surface area contributed by atoms with Crippen molar-refractivity contribution in [3.63, 3.8) is 0 Å². The highest BCUT2D eigenvalue weighted by Gasteiger charge is 2.34. The Bertz CT molecular complexity index is 187. The van der Waals surface area contributed by atoms with Crippen molar-refractivity contribution in [2.75, 3.05) is 20.3 Å². The zero-order valence-electron chi connectivity index (χ0n) is 8.61. The van der Waals surface area contributed by atoms with Crippen LogP contribution in [0.2, 0.25) is 0 Å². The van der Waals surface area contributed by atoms with Gasteiger partial charge in [0.2, 0.25) is 0 Å². The third kappa shape index (κ3) is 3.10. The lowest BCUT2D eigenvalue weighted by Gasteiger charge is -2.33. The molecule has 5 unspecified atom stereocenters. The molecule has 6 nitrogen and oxygen atoms in total. The Labute approximate surface area is 88.1 Å². The quantitative estimate of drug-likeness (QED) is 0.434. The summed E-state index contributed by atoms with van der Waals surface area (Å²) in [5, 5.41) is 37.6. The van der Waals surface area contributed by atoms with Gasteiger partial charge in [-0.1, -0.05) is 0 Å². The first kappa shape index (κ1) is 12.8. The average molecular weight is 222 g/mol. The molecule has 90 valence electrons. The second kappa shape index (κ2) is 5.74. The minimum Gasteiger partial charge on any atom is -0.396 e. The molecule has 0 spiro atoms. The number of aliphatic hydroxyl groups is 4. The first-order valence-electron chi connectivity index (χ1n) is 4.89. The Kier molecular flexibility index (Phi) is 4.91. The summed E-state index contributed by atoms with van der Waals surface area (Å²) in [5.41, 5.74) is 0. The molecule has 15 heavy (non-hydrogen) atoms. The van der Waals surface area contributed by atoms with Gasteiger partial charge in [0.05, 0.1) is 25.4 Å². The van der Waals surface area contributed by atoms with Gasteiger partial charge in [0.25, 0.3) is 0 Å². The fourth-order valence-electron chi connectivity index (χ4n) is 1.63. The van der Waals surface area contributed by atoms with Gasteiger partial charge in [-0.25, -0.2) is 0 Å². The molecule has 6 heteroatoms. The Balaban J connectivity index is 2.65. The number of hydrogen-bond acceptors (Lipinski definition) is 6. The molecule has 1 fully saturated rings. The van der Waals surface area contributed by atoms with Crippen molar-refractivity contribution in [3.05, 3.63) is 0 Å². The second-order valence-electron chi connectivity index (χ2n) is 3.74. The van der Waals surface area contributed by atoms with Crippen molar-refractivity contribution in [1.82, 2.24) is 0 Å². The number of aliphatic hydroxyl groups excluding tert-OH is 4. The lowest BCUT2D eigenvalue weighted by Crippen LogP contribution is -2.46. The summed E-state index contributed by atoms with van der Waals surface area (Å²) < 4.78 is 10.0. The molecule has 5 atom stereocenters. The summed E-state index contributed by atoms with van der Waals surface area (Å²) in [6.07, 6.45) is -4.04. The number of hydrogen-bond donors (Lipinski definition) is 4. The van der Waals surface area contributed by atoms with Gasteiger partial charge in [0, 0.05) is 19.4 Å². The second-order valence-corrected chi connectivity index (χ2v) is 3.74. The standard InChI is InChI=1S/C9H18O6/c1-14-9-7(12)2-6(11)8(13)5(3-10)4-15-9/h5-13H,2-4H2,1H3. The van der Waals surface area contributed by atoms with E-state index in [1.807, 2.05) is 0 Å². The highest BCUT2D eigenvalue weighted by Crippen LogP contribution is 2.19. The van der Waals surface area contributed by atoms with Gasteiger partial charge in [-0.3, -0.25) is 0 Å². The number of methoxy groups -OCH3 is 1. The minimum absolute atomic E-state index is 0.0320. The summed E-state index contributed by atoms with van der Waals surface area (Å²) >= 11 is 0. The zero-order chi connectivity index (χ0) is 11.4. The van der Waals surface area contributed by atoms with Gasteiger partial charge >= 0.3 is 0 Å². The molecular formula is C9H18O6. The van der Waals surface area contributed by atoms with E-state index < -0.39 is 30.5 Å². The Morgan fingerprint density at radius 2 is 1.93 bits per heavy atom. The van der Waals surface area contributed by atoms with E-state index in [-0.39, 0.29) is 19.6 Å². The van der Waals surface area contributed by atoms with Gasteiger partial charge in [-0.05, 0) is 0 Å². The van der Waals surface area contributed by atoms with Crippen molar-refractivity contribution >= 4 is 0 Å². The molecule has 0 radical (unpaired) electrons. The third-order valence-electron chi connectivity index (χ3n) is 2.62. The topological polar surface area (TPSA) is 99.4 Å². The molecule has 0 aromatic rings. The first-order valence-corrected chi connectivity index (χ1v) is 4.89. The van der Waals surface area contributed by atoms with Gasteiger partial charge < -0.3 is 29.9 Å². The van der Waals surface area contributed by atoms with Crippen molar-refractivity contribution in [2.45, 2.75) is 31.0 Å². The van der Waals surface area contributed by atoms with E-state index in [1.165, 1.54) is 7.11 Å². The molecule has 1 heterocycles. The highest BCUT2D eigenvalue weighted by molar-refractivity contribution is 4.81. The minimum atomic E-state index is -1.09. The van der Waals surface area contributed by atoms with Crippen molar-refractivity contribution < 1.29 is 29.9 Å². The predicted octanol–water partition coefficient (Wildman–Crippen LogP) is -1.93. The van der Waals surface area contributed by atoms with Crippen LogP contribution >= 0.6 is 0 Å². The molecule has 0 aliphatic carbocycles. The van der Waals surface area contributed by atoms with E-state index in [2.05, 4.69) is 0 Å². The van der Waals surface area contributed by atoms with E-state index in [9.17, 15) is 15.3 Å².